The van der Waals surface area contributed by atoms with Gasteiger partial charge in [-0.25, -0.2) is 8.42 Å². The fourth-order valence-electron chi connectivity index (χ4n) is 2.06. The van der Waals surface area contributed by atoms with Gasteiger partial charge in [-0.15, -0.1) is 0 Å². The SMILES string of the molecule is Cc1ccc(C(CS(=O)(=O)c2ccccc2)SC(F)(F)F)cc1. The van der Waals surface area contributed by atoms with Crippen molar-refractivity contribution in [3.05, 3.63) is 65.7 Å². The second kappa shape index (κ2) is 6.97. The molecule has 0 aromatic heterocycles. The third kappa shape index (κ3) is 5.28. The van der Waals surface area contributed by atoms with Crippen molar-refractivity contribution >= 4 is 21.6 Å². The Kier molecular flexibility index (Phi) is 5.41. The van der Waals surface area contributed by atoms with Crippen LogP contribution in [0.3, 0.4) is 0 Å². The summed E-state index contributed by atoms with van der Waals surface area (Å²) < 4.78 is 63.2. The summed E-state index contributed by atoms with van der Waals surface area (Å²) in [6.45, 7) is 1.82. The second-order valence-corrected chi connectivity index (χ2v) is 8.36. The Hall–Kier alpha value is -1.47. The number of rotatable bonds is 5. The van der Waals surface area contributed by atoms with Gasteiger partial charge in [-0.3, -0.25) is 0 Å². The van der Waals surface area contributed by atoms with Crippen LogP contribution < -0.4 is 0 Å². The highest BCUT2D eigenvalue weighted by molar-refractivity contribution is 8.01. The molecule has 0 spiro atoms. The Bertz CT molecular complexity index is 739. The molecule has 1 unspecified atom stereocenters. The van der Waals surface area contributed by atoms with Crippen molar-refractivity contribution < 1.29 is 21.6 Å². The summed E-state index contributed by atoms with van der Waals surface area (Å²) in [6.07, 6.45) is 0. The van der Waals surface area contributed by atoms with Gasteiger partial charge in [0.2, 0.25) is 0 Å². The van der Waals surface area contributed by atoms with Gasteiger partial charge in [-0.2, -0.15) is 13.2 Å². The predicted octanol–water partition coefficient (Wildman–Crippen LogP) is 4.76. The summed E-state index contributed by atoms with van der Waals surface area (Å²) in [7, 11) is -3.81. The summed E-state index contributed by atoms with van der Waals surface area (Å²) in [4.78, 5) is 0.0277. The van der Waals surface area contributed by atoms with Crippen molar-refractivity contribution in [2.24, 2.45) is 0 Å². The van der Waals surface area contributed by atoms with E-state index in [9.17, 15) is 21.6 Å². The van der Waals surface area contributed by atoms with Crippen LogP contribution >= 0.6 is 11.8 Å². The molecule has 0 amide bonds. The first-order valence-corrected chi connectivity index (χ1v) is 9.29. The molecule has 0 aliphatic rings. The maximum absolute atomic E-state index is 12.8. The summed E-state index contributed by atoms with van der Waals surface area (Å²) in [5.41, 5.74) is -3.27. The number of thioether (sulfide) groups is 1. The van der Waals surface area contributed by atoms with Crippen molar-refractivity contribution in [3.8, 4) is 0 Å². The number of sulfone groups is 1. The standard InChI is InChI=1S/C16H15F3O2S2/c1-12-7-9-13(10-8-12)15(22-16(17,18)19)11-23(20,21)14-5-3-2-4-6-14/h2-10,15H,11H2,1H3. The molecule has 124 valence electrons. The first kappa shape index (κ1) is 17.9. The Labute approximate surface area is 137 Å². The molecule has 0 aliphatic heterocycles. The zero-order valence-electron chi connectivity index (χ0n) is 12.2. The molecular formula is C16H15F3O2S2. The van der Waals surface area contributed by atoms with Crippen LogP contribution in [0.15, 0.2) is 59.5 Å². The van der Waals surface area contributed by atoms with E-state index in [0.717, 1.165) is 5.56 Å². The molecule has 0 aliphatic carbocycles. The van der Waals surface area contributed by atoms with E-state index in [0.29, 0.717) is 5.56 Å². The second-order valence-electron chi connectivity index (χ2n) is 5.06. The van der Waals surface area contributed by atoms with Crippen molar-refractivity contribution in [2.75, 3.05) is 5.75 Å². The topological polar surface area (TPSA) is 34.1 Å². The van der Waals surface area contributed by atoms with Crippen molar-refractivity contribution in [1.29, 1.82) is 0 Å². The lowest BCUT2D eigenvalue weighted by Gasteiger charge is -2.19. The van der Waals surface area contributed by atoms with Gasteiger partial charge >= 0.3 is 5.51 Å². The molecule has 0 radical (unpaired) electrons. The molecule has 0 N–H and O–H groups in total. The van der Waals surface area contributed by atoms with Gasteiger partial charge in [0.1, 0.15) is 0 Å². The maximum atomic E-state index is 12.8. The Morgan fingerprint density at radius 2 is 1.57 bits per heavy atom. The number of aryl methyl sites for hydroxylation is 1. The Morgan fingerprint density at radius 3 is 2.09 bits per heavy atom. The average Bonchev–Trinajstić information content (AvgIpc) is 2.46. The van der Waals surface area contributed by atoms with E-state index in [4.69, 9.17) is 0 Å². The first-order chi connectivity index (χ1) is 10.7. The lowest BCUT2D eigenvalue weighted by molar-refractivity contribution is -0.0333. The van der Waals surface area contributed by atoms with Crippen LogP contribution in [0.4, 0.5) is 13.2 Å². The third-order valence-corrected chi connectivity index (χ3v) is 6.16. The van der Waals surface area contributed by atoms with Crippen molar-refractivity contribution in [2.45, 2.75) is 22.6 Å². The lowest BCUT2D eigenvalue weighted by Crippen LogP contribution is -2.16. The number of hydrogen-bond donors (Lipinski definition) is 0. The number of halogens is 3. The molecule has 7 heteroatoms. The highest BCUT2D eigenvalue weighted by atomic mass is 32.2. The highest BCUT2D eigenvalue weighted by Gasteiger charge is 2.36. The van der Waals surface area contributed by atoms with Gasteiger partial charge in [0.15, 0.2) is 9.84 Å². The van der Waals surface area contributed by atoms with Crippen LogP contribution in [0.1, 0.15) is 16.4 Å². The molecule has 2 nitrogen and oxygen atoms in total. The normalized spacial score (nSPS) is 13.7. The highest BCUT2D eigenvalue weighted by Crippen LogP contribution is 2.43. The van der Waals surface area contributed by atoms with Gasteiger partial charge in [0, 0.05) is 0 Å². The van der Waals surface area contributed by atoms with E-state index in [1.165, 1.54) is 12.1 Å². The molecule has 0 heterocycles. The Balaban J connectivity index is 2.33. The van der Waals surface area contributed by atoms with Crippen LogP contribution in [0, 0.1) is 6.92 Å². The van der Waals surface area contributed by atoms with Crippen LogP contribution in [0.2, 0.25) is 0 Å². The first-order valence-electron chi connectivity index (χ1n) is 6.76. The van der Waals surface area contributed by atoms with E-state index in [1.807, 2.05) is 6.92 Å². The summed E-state index contributed by atoms with van der Waals surface area (Å²) in [6, 6.07) is 14.0. The van der Waals surface area contributed by atoms with Gasteiger partial charge in [0.05, 0.1) is 15.9 Å². The van der Waals surface area contributed by atoms with Crippen LogP contribution in [-0.4, -0.2) is 19.7 Å². The van der Waals surface area contributed by atoms with E-state index < -0.39 is 26.3 Å². The minimum absolute atomic E-state index is 0.0277. The van der Waals surface area contributed by atoms with Gasteiger partial charge in [0.25, 0.3) is 0 Å². The van der Waals surface area contributed by atoms with Crippen molar-refractivity contribution in [3.63, 3.8) is 0 Å². The fourth-order valence-corrected chi connectivity index (χ4v) is 4.84. The molecular weight excluding hydrogens is 345 g/mol. The third-order valence-electron chi connectivity index (χ3n) is 3.20. The molecule has 0 saturated carbocycles. The predicted molar refractivity (Wildman–Crippen MR) is 86.1 cm³/mol. The van der Waals surface area contributed by atoms with Crippen LogP contribution in [-0.2, 0) is 9.84 Å². The number of benzene rings is 2. The van der Waals surface area contributed by atoms with Gasteiger partial charge in [-0.1, -0.05) is 48.0 Å². The smallest absolute Gasteiger partial charge is 0.224 e. The van der Waals surface area contributed by atoms with E-state index in [1.54, 1.807) is 42.5 Å². The molecule has 1 atom stereocenters. The summed E-state index contributed by atoms with van der Waals surface area (Å²) >= 11 is -0.297. The van der Waals surface area contributed by atoms with Gasteiger partial charge in [-0.05, 0) is 36.4 Å². The molecule has 2 aromatic carbocycles. The quantitative estimate of drug-likeness (QED) is 0.771. The van der Waals surface area contributed by atoms with Crippen LogP contribution in [0.25, 0.3) is 0 Å². The van der Waals surface area contributed by atoms with Crippen molar-refractivity contribution in [1.82, 2.24) is 0 Å². The molecule has 23 heavy (non-hydrogen) atoms. The van der Waals surface area contributed by atoms with E-state index in [2.05, 4.69) is 0 Å². The van der Waals surface area contributed by atoms with E-state index >= 15 is 0 Å². The molecule has 0 saturated heterocycles. The number of hydrogen-bond acceptors (Lipinski definition) is 3. The minimum atomic E-state index is -4.51. The Morgan fingerprint density at radius 1 is 1.00 bits per heavy atom. The summed E-state index contributed by atoms with van der Waals surface area (Å²) in [5, 5.41) is -1.21. The van der Waals surface area contributed by atoms with Gasteiger partial charge < -0.3 is 0 Å². The zero-order valence-corrected chi connectivity index (χ0v) is 13.9. The molecule has 0 bridgehead atoms. The largest absolute Gasteiger partial charge is 0.442 e. The summed E-state index contributed by atoms with van der Waals surface area (Å²) in [5.74, 6) is -0.607. The minimum Gasteiger partial charge on any atom is -0.224 e. The monoisotopic (exact) mass is 360 g/mol. The maximum Gasteiger partial charge on any atom is 0.442 e. The zero-order chi connectivity index (χ0) is 17.1. The average molecular weight is 360 g/mol. The lowest BCUT2D eigenvalue weighted by atomic mass is 10.1. The molecule has 0 fully saturated rings. The fraction of sp³-hybridized carbons (Fsp3) is 0.250. The number of alkyl halides is 3. The molecule has 2 aromatic rings. The van der Waals surface area contributed by atoms with E-state index in [-0.39, 0.29) is 16.7 Å². The van der Waals surface area contributed by atoms with Crippen LogP contribution in [0.5, 0.6) is 0 Å². The molecule has 2 rings (SSSR count).